The van der Waals surface area contributed by atoms with E-state index >= 15 is 0 Å². The molecule has 4 rings (SSSR count). The molecule has 2 N–H and O–H groups in total. The zero-order valence-electron chi connectivity index (χ0n) is 22.1. The largest absolute Gasteiger partial charge is 0.323 e. The van der Waals surface area contributed by atoms with Gasteiger partial charge in [-0.25, -0.2) is 9.78 Å². The third-order valence-electron chi connectivity index (χ3n) is 6.41. The van der Waals surface area contributed by atoms with Crippen LogP contribution in [-0.4, -0.2) is 15.6 Å². The number of pyridine rings is 2. The van der Waals surface area contributed by atoms with Crippen LogP contribution in [0.3, 0.4) is 0 Å². The second kappa shape index (κ2) is 10.7. The summed E-state index contributed by atoms with van der Waals surface area (Å²) in [6.07, 6.45) is 1.65. The summed E-state index contributed by atoms with van der Waals surface area (Å²) in [5.74, 6) is 6.41. The SMILES string of the molecule is CC#Cc1cccc(-c2c(NC(=O)Nc3c(C(C)C)cccc3C(C)C)c(=O)n(C)c3ncccc23)c1.[HH].[HH]. The Hall–Kier alpha value is -4.37. The highest BCUT2D eigenvalue weighted by molar-refractivity contribution is 6.07. The molecule has 0 aliphatic heterocycles. The van der Waals surface area contributed by atoms with Crippen molar-refractivity contribution in [3.8, 4) is 23.0 Å². The normalized spacial score (nSPS) is 10.9. The smallest absolute Gasteiger partial charge is 0.307 e. The zero-order chi connectivity index (χ0) is 26.7. The van der Waals surface area contributed by atoms with Gasteiger partial charge >= 0.3 is 6.03 Å². The molecule has 6 nitrogen and oxygen atoms in total. The van der Waals surface area contributed by atoms with Crippen molar-refractivity contribution >= 4 is 28.4 Å². The van der Waals surface area contributed by atoms with Crippen molar-refractivity contribution in [2.75, 3.05) is 10.6 Å². The summed E-state index contributed by atoms with van der Waals surface area (Å²) < 4.78 is 1.46. The monoisotopic (exact) mass is 496 g/mol. The highest BCUT2D eigenvalue weighted by atomic mass is 16.2. The Morgan fingerprint density at radius 2 is 1.59 bits per heavy atom. The average molecular weight is 497 g/mol. The van der Waals surface area contributed by atoms with E-state index in [2.05, 4.69) is 55.2 Å². The van der Waals surface area contributed by atoms with Crippen molar-refractivity contribution in [1.29, 1.82) is 0 Å². The van der Waals surface area contributed by atoms with Crippen LogP contribution in [0.5, 0.6) is 0 Å². The Morgan fingerprint density at radius 3 is 2.24 bits per heavy atom. The van der Waals surface area contributed by atoms with Crippen LogP contribution in [0.4, 0.5) is 16.2 Å². The van der Waals surface area contributed by atoms with E-state index < -0.39 is 6.03 Å². The number of hydrogen-bond donors (Lipinski definition) is 2. The van der Waals surface area contributed by atoms with Crippen molar-refractivity contribution < 1.29 is 7.65 Å². The van der Waals surface area contributed by atoms with Crippen LogP contribution < -0.4 is 16.2 Å². The van der Waals surface area contributed by atoms with Crippen molar-refractivity contribution in [2.24, 2.45) is 7.05 Å². The van der Waals surface area contributed by atoms with Gasteiger partial charge in [-0.1, -0.05) is 63.9 Å². The summed E-state index contributed by atoms with van der Waals surface area (Å²) in [5, 5.41) is 6.71. The number of aromatic nitrogens is 2. The molecule has 0 atom stereocenters. The van der Waals surface area contributed by atoms with E-state index in [4.69, 9.17) is 0 Å². The minimum atomic E-state index is -0.471. The molecule has 192 valence electrons. The fraction of sp³-hybridized carbons (Fsp3) is 0.258. The lowest BCUT2D eigenvalue weighted by atomic mass is 9.93. The van der Waals surface area contributed by atoms with Crippen molar-refractivity contribution in [1.82, 2.24) is 9.55 Å². The average Bonchev–Trinajstić information content (AvgIpc) is 2.87. The quantitative estimate of drug-likeness (QED) is 0.284. The molecule has 0 aliphatic carbocycles. The van der Waals surface area contributed by atoms with Gasteiger partial charge in [-0.2, -0.15) is 0 Å². The van der Waals surface area contributed by atoms with Gasteiger partial charge in [-0.05, 0) is 59.7 Å². The van der Waals surface area contributed by atoms with Crippen LogP contribution in [0.1, 0.15) is 66.0 Å². The van der Waals surface area contributed by atoms with Crippen LogP contribution in [0.2, 0.25) is 0 Å². The summed E-state index contributed by atoms with van der Waals surface area (Å²) in [5.41, 5.74) is 5.46. The van der Waals surface area contributed by atoms with Crippen molar-refractivity contribution in [3.63, 3.8) is 0 Å². The van der Waals surface area contributed by atoms with Crippen LogP contribution in [0.15, 0.2) is 65.6 Å². The van der Waals surface area contributed by atoms with E-state index in [9.17, 15) is 9.59 Å². The number of rotatable bonds is 5. The molecular weight excluding hydrogens is 460 g/mol. The summed E-state index contributed by atoms with van der Waals surface area (Å²) in [4.78, 5) is 31.5. The minimum absolute atomic E-state index is 0. The standard InChI is InChI=1S/C31H32N4O2.2H2/c1-7-11-21-12-8-13-22(18-21)26-25-16-10-17-32-29(25)35(6)30(36)28(26)34-31(37)33-27-23(19(2)3)14-9-15-24(27)20(4)5;;/h8-10,12-20H,1-6H3,(H2,33,34,37);2*1H. The number of para-hydroxylation sites is 1. The number of urea groups is 1. The van der Waals surface area contributed by atoms with Gasteiger partial charge in [0.2, 0.25) is 0 Å². The molecule has 2 amide bonds. The van der Waals surface area contributed by atoms with Gasteiger partial charge in [0.25, 0.3) is 5.56 Å². The molecule has 0 radical (unpaired) electrons. The number of fused-ring (bicyclic) bond motifs is 1. The van der Waals surface area contributed by atoms with E-state index in [0.717, 1.165) is 33.3 Å². The predicted molar refractivity (Wildman–Crippen MR) is 156 cm³/mol. The van der Waals surface area contributed by atoms with E-state index in [1.54, 1.807) is 20.2 Å². The van der Waals surface area contributed by atoms with Gasteiger partial charge in [-0.3, -0.25) is 9.36 Å². The third kappa shape index (κ3) is 5.12. The summed E-state index contributed by atoms with van der Waals surface area (Å²) in [6.45, 7) is 10.2. The highest BCUT2D eigenvalue weighted by Crippen LogP contribution is 2.35. The first-order chi connectivity index (χ1) is 17.7. The first kappa shape index (κ1) is 25.7. The Labute approximate surface area is 220 Å². The zero-order valence-corrected chi connectivity index (χ0v) is 22.1. The molecule has 0 fully saturated rings. The molecule has 4 aromatic rings. The van der Waals surface area contributed by atoms with Crippen LogP contribution >= 0.6 is 0 Å². The predicted octanol–water partition coefficient (Wildman–Crippen LogP) is 7.35. The van der Waals surface area contributed by atoms with E-state index in [-0.39, 0.29) is 25.9 Å². The minimum Gasteiger partial charge on any atom is -0.307 e. The number of carbonyl (C=O) groups excluding carboxylic acids is 1. The summed E-state index contributed by atoms with van der Waals surface area (Å²) in [7, 11) is 1.66. The molecule has 2 aromatic heterocycles. The van der Waals surface area contributed by atoms with Gasteiger partial charge in [0.05, 0.1) is 0 Å². The molecule has 6 heteroatoms. The van der Waals surface area contributed by atoms with E-state index in [0.29, 0.717) is 11.2 Å². The molecule has 2 aromatic carbocycles. The fourth-order valence-electron chi connectivity index (χ4n) is 4.63. The van der Waals surface area contributed by atoms with Gasteiger partial charge < -0.3 is 10.6 Å². The molecule has 2 heterocycles. The fourth-order valence-corrected chi connectivity index (χ4v) is 4.63. The van der Waals surface area contributed by atoms with Gasteiger partial charge in [0, 0.05) is 38.3 Å². The Bertz CT molecular complexity index is 1590. The Balaban J connectivity index is 0.00000267. The topological polar surface area (TPSA) is 76.0 Å². The number of carbonyl (C=O) groups is 1. The Kier molecular flexibility index (Phi) is 7.45. The van der Waals surface area contributed by atoms with E-state index in [1.165, 1.54) is 4.57 Å². The second-order valence-corrected chi connectivity index (χ2v) is 9.64. The number of hydrogen-bond acceptors (Lipinski definition) is 3. The first-order valence-electron chi connectivity index (χ1n) is 12.4. The van der Waals surface area contributed by atoms with Crippen molar-refractivity contribution in [2.45, 2.75) is 46.5 Å². The molecule has 0 bridgehead atoms. The number of aryl methyl sites for hydroxylation is 1. The first-order valence-corrected chi connectivity index (χ1v) is 12.4. The lowest BCUT2D eigenvalue weighted by molar-refractivity contribution is 0.262. The van der Waals surface area contributed by atoms with E-state index in [1.807, 2.05) is 54.6 Å². The van der Waals surface area contributed by atoms with Gasteiger partial charge in [0.1, 0.15) is 11.3 Å². The lowest BCUT2D eigenvalue weighted by Gasteiger charge is -2.21. The number of nitrogens with one attached hydrogen (secondary N) is 2. The molecule has 0 saturated carbocycles. The second-order valence-electron chi connectivity index (χ2n) is 9.64. The molecule has 0 saturated heterocycles. The number of nitrogens with zero attached hydrogens (tertiary/aromatic N) is 2. The van der Waals surface area contributed by atoms with Gasteiger partial charge in [0.15, 0.2) is 0 Å². The lowest BCUT2D eigenvalue weighted by Crippen LogP contribution is -2.29. The molecule has 0 aliphatic rings. The molecule has 37 heavy (non-hydrogen) atoms. The van der Waals surface area contributed by atoms with Crippen LogP contribution in [0.25, 0.3) is 22.2 Å². The molecular formula is C31H36N4O2. The number of anilines is 2. The number of amides is 2. The number of benzene rings is 2. The summed E-state index contributed by atoms with van der Waals surface area (Å²) in [6, 6.07) is 17.0. The molecule has 0 unspecified atom stereocenters. The van der Waals surface area contributed by atoms with Gasteiger partial charge in [-0.15, -0.1) is 5.92 Å². The maximum atomic E-state index is 13.6. The van der Waals surface area contributed by atoms with Crippen LogP contribution in [0, 0.1) is 11.8 Å². The highest BCUT2D eigenvalue weighted by Gasteiger charge is 2.21. The third-order valence-corrected chi connectivity index (χ3v) is 6.41. The maximum absolute atomic E-state index is 13.6. The maximum Gasteiger partial charge on any atom is 0.323 e. The summed E-state index contributed by atoms with van der Waals surface area (Å²) >= 11 is 0. The van der Waals surface area contributed by atoms with Crippen molar-refractivity contribution in [3.05, 3.63) is 87.8 Å². The Morgan fingerprint density at radius 1 is 0.946 bits per heavy atom. The van der Waals surface area contributed by atoms with Crippen LogP contribution in [-0.2, 0) is 7.05 Å². The molecule has 0 spiro atoms.